The maximum atomic E-state index is 6.97. The first-order chi connectivity index (χ1) is 20.4. The summed E-state index contributed by atoms with van der Waals surface area (Å²) in [6.45, 7) is 5.41. The lowest BCUT2D eigenvalue weighted by atomic mass is 9.81. The van der Waals surface area contributed by atoms with E-state index >= 15 is 0 Å². The van der Waals surface area contributed by atoms with E-state index in [0.717, 1.165) is 16.7 Å². The average molecular weight is 689 g/mol. The van der Waals surface area contributed by atoms with E-state index in [9.17, 15) is 0 Å². The summed E-state index contributed by atoms with van der Waals surface area (Å²) in [4.78, 5) is 0. The maximum absolute atomic E-state index is 6.97. The van der Waals surface area contributed by atoms with E-state index in [-0.39, 0.29) is 12.2 Å². The van der Waals surface area contributed by atoms with Crippen molar-refractivity contribution in [2.24, 2.45) is 0 Å². The number of benzene rings is 3. The van der Waals surface area contributed by atoms with Crippen molar-refractivity contribution in [2.75, 3.05) is 18.1 Å². The van der Waals surface area contributed by atoms with Gasteiger partial charge < -0.3 is 33.2 Å². The quantitative estimate of drug-likeness (QED) is 0.151. The summed E-state index contributed by atoms with van der Waals surface area (Å²) in [6, 6.07) is 30.4. The molecular weight excluding hydrogens is 647 g/mol. The number of methoxy groups -OCH3 is 1. The van der Waals surface area contributed by atoms with Crippen LogP contribution in [-0.4, -0.2) is 60.2 Å². The number of halogens is 1. The van der Waals surface area contributed by atoms with Gasteiger partial charge in [-0.3, -0.25) is 0 Å². The minimum atomic E-state index is -1.07. The molecule has 8 heteroatoms. The van der Waals surface area contributed by atoms with Gasteiger partial charge in [0.2, 0.25) is 0 Å². The summed E-state index contributed by atoms with van der Waals surface area (Å²) in [5.41, 5.74) is 2.10. The van der Waals surface area contributed by atoms with Crippen molar-refractivity contribution >= 4 is 22.6 Å². The van der Waals surface area contributed by atoms with Crippen LogP contribution in [0.2, 0.25) is 0 Å². The second kappa shape index (κ2) is 14.7. The first-order valence-electron chi connectivity index (χ1n) is 14.5. The lowest BCUT2D eigenvalue weighted by Crippen LogP contribution is -2.69. The largest absolute Gasteiger partial charge is 0.368 e. The molecule has 0 saturated carbocycles. The summed E-state index contributed by atoms with van der Waals surface area (Å²) in [5, 5.41) is 0. The molecule has 42 heavy (non-hydrogen) atoms. The zero-order valence-corrected chi connectivity index (χ0v) is 26.7. The molecule has 0 unspecified atom stereocenters. The summed E-state index contributed by atoms with van der Waals surface area (Å²) < 4.78 is 46.4. The van der Waals surface area contributed by atoms with Crippen molar-refractivity contribution in [3.05, 3.63) is 108 Å². The van der Waals surface area contributed by atoms with Crippen LogP contribution < -0.4 is 0 Å². The second-order valence-electron chi connectivity index (χ2n) is 11.3. The molecule has 5 rings (SSSR count). The van der Waals surface area contributed by atoms with Gasteiger partial charge in [0.25, 0.3) is 0 Å². The molecule has 0 aliphatic carbocycles. The molecule has 2 fully saturated rings. The van der Waals surface area contributed by atoms with Crippen molar-refractivity contribution in [3.63, 3.8) is 0 Å². The van der Waals surface area contributed by atoms with Crippen molar-refractivity contribution < 1.29 is 33.2 Å². The molecule has 3 aromatic carbocycles. The third kappa shape index (κ3) is 7.78. The highest BCUT2D eigenvalue weighted by Crippen LogP contribution is 2.44. The normalized spacial score (nSPS) is 29.0. The molecule has 2 aliphatic rings. The molecule has 0 radical (unpaired) electrons. The summed E-state index contributed by atoms with van der Waals surface area (Å²) in [7, 11) is 1.66. The van der Waals surface area contributed by atoms with Crippen molar-refractivity contribution in [3.8, 4) is 0 Å². The zero-order valence-electron chi connectivity index (χ0n) is 24.5. The van der Waals surface area contributed by atoms with Gasteiger partial charge in [0.05, 0.1) is 38.6 Å². The molecule has 0 N–H and O–H groups in total. The van der Waals surface area contributed by atoms with Crippen LogP contribution in [0.25, 0.3) is 0 Å². The van der Waals surface area contributed by atoms with E-state index in [4.69, 9.17) is 33.2 Å². The lowest BCUT2D eigenvalue weighted by molar-refractivity contribution is -0.361. The molecule has 7 nitrogen and oxygen atoms in total. The molecule has 0 aromatic heterocycles. The van der Waals surface area contributed by atoms with Gasteiger partial charge in [-0.15, -0.1) is 0 Å². The molecule has 2 heterocycles. The Morgan fingerprint density at radius 1 is 0.786 bits per heavy atom. The second-order valence-corrected chi connectivity index (χ2v) is 12.1. The number of rotatable bonds is 13. The van der Waals surface area contributed by atoms with E-state index in [1.165, 1.54) is 0 Å². The third-order valence-corrected chi connectivity index (χ3v) is 8.60. The Morgan fingerprint density at radius 2 is 1.33 bits per heavy atom. The monoisotopic (exact) mass is 688 g/mol. The lowest BCUT2D eigenvalue weighted by Gasteiger charge is -2.53. The Kier molecular flexibility index (Phi) is 11.1. The minimum absolute atomic E-state index is 0.259. The van der Waals surface area contributed by atoms with Crippen LogP contribution in [0.4, 0.5) is 0 Å². The Labute approximate surface area is 262 Å². The van der Waals surface area contributed by atoms with Gasteiger partial charge >= 0.3 is 0 Å². The van der Waals surface area contributed by atoms with E-state index in [0.29, 0.717) is 37.3 Å². The van der Waals surface area contributed by atoms with Crippen LogP contribution in [0.3, 0.4) is 0 Å². The van der Waals surface area contributed by atoms with E-state index in [2.05, 4.69) is 46.9 Å². The van der Waals surface area contributed by atoms with Gasteiger partial charge in [0.1, 0.15) is 12.2 Å². The molecule has 2 aliphatic heterocycles. The maximum Gasteiger partial charge on any atom is 0.189 e. The highest BCUT2D eigenvalue weighted by Gasteiger charge is 2.60. The van der Waals surface area contributed by atoms with Gasteiger partial charge in [-0.05, 0) is 30.5 Å². The highest BCUT2D eigenvalue weighted by molar-refractivity contribution is 14.1. The first kappa shape index (κ1) is 31.5. The average Bonchev–Trinajstić information content (AvgIpc) is 3.37. The zero-order chi connectivity index (χ0) is 29.4. The molecular formula is C34H41IO7. The van der Waals surface area contributed by atoms with E-state index in [1.807, 2.05) is 80.6 Å². The van der Waals surface area contributed by atoms with Crippen LogP contribution in [0.15, 0.2) is 91.0 Å². The Balaban J connectivity index is 1.53. The number of ether oxygens (including phenoxy) is 7. The van der Waals surface area contributed by atoms with Gasteiger partial charge in [-0.25, -0.2) is 0 Å². The smallest absolute Gasteiger partial charge is 0.189 e. The molecule has 0 spiro atoms. The fraction of sp³-hybridized carbons (Fsp3) is 0.471. The molecule has 226 valence electrons. The fourth-order valence-corrected chi connectivity index (χ4v) is 6.44. The third-order valence-electron chi connectivity index (χ3n) is 7.73. The van der Waals surface area contributed by atoms with Crippen molar-refractivity contribution in [1.82, 2.24) is 0 Å². The molecule has 6 atom stereocenters. The van der Waals surface area contributed by atoms with Crippen molar-refractivity contribution in [1.29, 1.82) is 0 Å². The highest BCUT2D eigenvalue weighted by atomic mass is 127. The van der Waals surface area contributed by atoms with Crippen LogP contribution in [0, 0.1) is 0 Å². The van der Waals surface area contributed by atoms with Crippen molar-refractivity contribution in [2.45, 2.75) is 82.2 Å². The standard InChI is InChI=1S/C34H41IO7/c1-33(2)39-24-28(42-33)19-34(40-23-27-17-11-6-12-18-27)31(38-22-26-15-9-5-10-16-26)30(29(20-35)41-32(34)36-3)37-21-25-13-7-4-8-14-25/h4-18,28-32H,19-24H2,1-3H3/t28-,29+,30+,31-,32-,34-/m0/s1. The van der Waals surface area contributed by atoms with Crippen LogP contribution in [0.5, 0.6) is 0 Å². The molecule has 0 amide bonds. The fourth-order valence-electron chi connectivity index (χ4n) is 5.73. The van der Waals surface area contributed by atoms with Crippen LogP contribution in [0.1, 0.15) is 37.0 Å². The number of alkyl halides is 1. The number of hydrogen-bond acceptors (Lipinski definition) is 7. The molecule has 3 aromatic rings. The van der Waals surface area contributed by atoms with E-state index < -0.39 is 29.9 Å². The van der Waals surface area contributed by atoms with Crippen LogP contribution in [-0.2, 0) is 53.0 Å². The van der Waals surface area contributed by atoms with Gasteiger partial charge in [-0.2, -0.15) is 0 Å². The van der Waals surface area contributed by atoms with Gasteiger partial charge in [0.15, 0.2) is 17.7 Å². The molecule has 0 bridgehead atoms. The van der Waals surface area contributed by atoms with E-state index in [1.54, 1.807) is 7.11 Å². The predicted molar refractivity (Wildman–Crippen MR) is 168 cm³/mol. The summed E-state index contributed by atoms with van der Waals surface area (Å²) >= 11 is 2.35. The molecule has 2 saturated heterocycles. The topological polar surface area (TPSA) is 64.6 Å². The Morgan fingerprint density at radius 3 is 1.83 bits per heavy atom. The van der Waals surface area contributed by atoms with Gasteiger partial charge in [0, 0.05) is 18.0 Å². The predicted octanol–water partition coefficient (Wildman–Crippen LogP) is 6.46. The summed E-state index contributed by atoms with van der Waals surface area (Å²) in [6.07, 6.45) is -1.83. The Bertz CT molecular complexity index is 1210. The summed E-state index contributed by atoms with van der Waals surface area (Å²) in [5.74, 6) is -0.697. The Hall–Kier alpha value is -1.89. The minimum Gasteiger partial charge on any atom is -0.368 e. The first-order valence-corrected chi connectivity index (χ1v) is 16.0. The van der Waals surface area contributed by atoms with Gasteiger partial charge in [-0.1, -0.05) is 114 Å². The number of hydrogen-bond donors (Lipinski definition) is 0. The van der Waals surface area contributed by atoms with Crippen LogP contribution >= 0.6 is 22.6 Å². The SMILES string of the molecule is CO[C@H]1O[C@H](CI)[C@@H](OCc2ccccc2)[C@H](OCc2ccccc2)[C@]1(C[C@H]1COC(C)(C)O1)OCc1ccccc1.